The maximum Gasteiger partial charge on any atom is 0.106 e. The molecule has 0 spiro atoms. The Hall–Kier alpha value is -1.33. The maximum absolute atomic E-state index is 8.68. The molecular formula is C10H9NO. The molecule has 1 aromatic carbocycles. The van der Waals surface area contributed by atoms with E-state index in [1.165, 1.54) is 5.56 Å². The summed E-state index contributed by atoms with van der Waals surface area (Å²) < 4.78 is 5.14. The first kappa shape index (κ1) is 7.33. The molecule has 0 aliphatic carbocycles. The second-order valence-corrected chi connectivity index (χ2v) is 3.01. The molecule has 0 aromatic heterocycles. The van der Waals surface area contributed by atoms with Gasteiger partial charge in [0.15, 0.2) is 0 Å². The molecule has 2 rings (SSSR count). The normalized spacial score (nSPS) is 20.2. The van der Waals surface area contributed by atoms with Crippen LogP contribution in [-0.4, -0.2) is 6.61 Å². The highest BCUT2D eigenvalue weighted by Crippen LogP contribution is 2.30. The first-order valence-corrected chi connectivity index (χ1v) is 3.93. The van der Waals surface area contributed by atoms with E-state index >= 15 is 0 Å². The molecule has 1 atom stereocenters. The molecule has 0 bridgehead atoms. The minimum Gasteiger partial charge on any atom is -0.368 e. The van der Waals surface area contributed by atoms with Gasteiger partial charge in [0, 0.05) is 0 Å². The Labute approximate surface area is 71.4 Å². The lowest BCUT2D eigenvalue weighted by atomic mass is 10.0. The van der Waals surface area contributed by atoms with Gasteiger partial charge < -0.3 is 4.74 Å². The third-order valence-electron chi connectivity index (χ3n) is 2.08. The van der Waals surface area contributed by atoms with Gasteiger partial charge in [0.2, 0.25) is 0 Å². The minimum atomic E-state index is 0.288. The number of hydrogen-bond donors (Lipinski definition) is 0. The fourth-order valence-electron chi connectivity index (χ4n) is 1.25. The number of epoxide rings is 1. The van der Waals surface area contributed by atoms with Gasteiger partial charge in [0.25, 0.3) is 0 Å². The maximum atomic E-state index is 8.68. The topological polar surface area (TPSA) is 36.3 Å². The van der Waals surface area contributed by atoms with Crippen LogP contribution in [0.2, 0.25) is 0 Å². The number of nitriles is 1. The second-order valence-electron chi connectivity index (χ2n) is 3.01. The summed E-state index contributed by atoms with van der Waals surface area (Å²) in [6, 6.07) is 7.98. The molecule has 1 heterocycles. The van der Waals surface area contributed by atoms with Crippen molar-refractivity contribution in [1.82, 2.24) is 0 Å². The number of hydrogen-bond acceptors (Lipinski definition) is 2. The molecule has 0 amide bonds. The monoisotopic (exact) mass is 159 g/mol. The summed E-state index contributed by atoms with van der Waals surface area (Å²) >= 11 is 0. The number of ether oxygens (including phenoxy) is 1. The molecule has 2 heteroatoms. The van der Waals surface area contributed by atoms with E-state index in [9.17, 15) is 0 Å². The van der Waals surface area contributed by atoms with E-state index in [-0.39, 0.29) is 6.10 Å². The summed E-state index contributed by atoms with van der Waals surface area (Å²) in [5.74, 6) is 0. The molecule has 2 nitrogen and oxygen atoms in total. The molecule has 0 N–H and O–H groups in total. The molecule has 1 aliphatic rings. The van der Waals surface area contributed by atoms with Crippen LogP contribution in [0.5, 0.6) is 0 Å². The van der Waals surface area contributed by atoms with Crippen molar-refractivity contribution in [2.24, 2.45) is 0 Å². The van der Waals surface area contributed by atoms with Crippen LogP contribution in [0.1, 0.15) is 22.8 Å². The molecule has 1 aromatic rings. The van der Waals surface area contributed by atoms with Crippen molar-refractivity contribution in [3.63, 3.8) is 0 Å². The molecular weight excluding hydrogens is 150 g/mol. The van der Waals surface area contributed by atoms with Gasteiger partial charge in [-0.1, -0.05) is 12.1 Å². The third-order valence-corrected chi connectivity index (χ3v) is 2.08. The fraction of sp³-hybridized carbons (Fsp3) is 0.300. The van der Waals surface area contributed by atoms with Gasteiger partial charge in [-0.05, 0) is 24.1 Å². The molecule has 60 valence electrons. The number of aryl methyl sites for hydroxylation is 1. The van der Waals surface area contributed by atoms with Gasteiger partial charge in [-0.2, -0.15) is 5.26 Å². The zero-order valence-electron chi connectivity index (χ0n) is 6.87. The lowest BCUT2D eigenvalue weighted by Gasteiger charge is -1.99. The summed E-state index contributed by atoms with van der Waals surface area (Å²) in [7, 11) is 0. The van der Waals surface area contributed by atoms with Gasteiger partial charge >= 0.3 is 0 Å². The van der Waals surface area contributed by atoms with E-state index in [0.717, 1.165) is 17.7 Å². The van der Waals surface area contributed by atoms with E-state index < -0.39 is 0 Å². The largest absolute Gasteiger partial charge is 0.368 e. The van der Waals surface area contributed by atoms with Crippen LogP contribution in [0.25, 0.3) is 0 Å². The highest BCUT2D eigenvalue weighted by molar-refractivity contribution is 5.40. The zero-order chi connectivity index (χ0) is 8.55. The summed E-state index contributed by atoms with van der Waals surface area (Å²) in [5, 5.41) is 8.68. The van der Waals surface area contributed by atoms with Gasteiger partial charge in [-0.15, -0.1) is 0 Å². The highest BCUT2D eigenvalue weighted by Gasteiger charge is 2.24. The Kier molecular flexibility index (Phi) is 1.60. The van der Waals surface area contributed by atoms with Gasteiger partial charge in [0.05, 0.1) is 18.2 Å². The SMILES string of the molecule is Cc1cc(C2CO2)ccc1C#N. The Bertz CT molecular complexity index is 347. The van der Waals surface area contributed by atoms with Crippen LogP contribution < -0.4 is 0 Å². The van der Waals surface area contributed by atoms with Crippen molar-refractivity contribution >= 4 is 0 Å². The fourth-order valence-corrected chi connectivity index (χ4v) is 1.25. The Morgan fingerprint density at radius 1 is 1.58 bits per heavy atom. The third kappa shape index (κ3) is 1.19. The standard InChI is InChI=1S/C10H9NO/c1-7-4-8(10-6-12-10)2-3-9(7)5-11/h2-4,10H,6H2,1H3. The van der Waals surface area contributed by atoms with Crippen LogP contribution in [0.4, 0.5) is 0 Å². The van der Waals surface area contributed by atoms with Crippen LogP contribution in [-0.2, 0) is 4.74 Å². The zero-order valence-corrected chi connectivity index (χ0v) is 6.87. The average molecular weight is 159 g/mol. The molecule has 0 radical (unpaired) electrons. The predicted molar refractivity (Wildman–Crippen MR) is 44.6 cm³/mol. The Morgan fingerprint density at radius 3 is 2.83 bits per heavy atom. The first-order valence-electron chi connectivity index (χ1n) is 3.93. The minimum absolute atomic E-state index is 0.288. The van der Waals surface area contributed by atoms with Crippen molar-refractivity contribution in [3.8, 4) is 6.07 Å². The van der Waals surface area contributed by atoms with Gasteiger partial charge in [-0.25, -0.2) is 0 Å². The molecule has 1 fully saturated rings. The van der Waals surface area contributed by atoms with Gasteiger partial charge in [-0.3, -0.25) is 0 Å². The van der Waals surface area contributed by atoms with Crippen LogP contribution in [0.3, 0.4) is 0 Å². The number of rotatable bonds is 1. The van der Waals surface area contributed by atoms with E-state index in [1.54, 1.807) is 0 Å². The second kappa shape index (κ2) is 2.62. The van der Waals surface area contributed by atoms with Crippen molar-refractivity contribution in [1.29, 1.82) is 5.26 Å². The molecule has 0 saturated carbocycles. The summed E-state index contributed by atoms with van der Waals surface area (Å²) in [5.41, 5.74) is 2.97. The van der Waals surface area contributed by atoms with Crippen LogP contribution in [0.15, 0.2) is 18.2 Å². The van der Waals surface area contributed by atoms with E-state index in [4.69, 9.17) is 10.00 Å². The van der Waals surface area contributed by atoms with E-state index in [1.807, 2.05) is 25.1 Å². The Balaban J connectivity index is 2.38. The van der Waals surface area contributed by atoms with Crippen molar-refractivity contribution in [3.05, 3.63) is 34.9 Å². The van der Waals surface area contributed by atoms with Crippen molar-refractivity contribution < 1.29 is 4.74 Å². The summed E-state index contributed by atoms with van der Waals surface area (Å²) in [6.45, 7) is 2.77. The lowest BCUT2D eigenvalue weighted by Crippen LogP contribution is -1.86. The smallest absolute Gasteiger partial charge is 0.106 e. The summed E-state index contributed by atoms with van der Waals surface area (Å²) in [6.07, 6.45) is 0.288. The van der Waals surface area contributed by atoms with Gasteiger partial charge in [0.1, 0.15) is 6.10 Å². The molecule has 1 saturated heterocycles. The highest BCUT2D eigenvalue weighted by atomic mass is 16.6. The van der Waals surface area contributed by atoms with E-state index in [2.05, 4.69) is 6.07 Å². The average Bonchev–Trinajstić information content (AvgIpc) is 2.86. The number of benzene rings is 1. The predicted octanol–water partition coefficient (Wildman–Crippen LogP) is 1.94. The van der Waals surface area contributed by atoms with Crippen molar-refractivity contribution in [2.75, 3.05) is 6.61 Å². The molecule has 1 unspecified atom stereocenters. The quantitative estimate of drug-likeness (QED) is 0.587. The lowest BCUT2D eigenvalue weighted by molar-refractivity contribution is 0.415. The summed E-state index contributed by atoms with van der Waals surface area (Å²) in [4.78, 5) is 0. The Morgan fingerprint density at radius 2 is 2.33 bits per heavy atom. The molecule has 12 heavy (non-hydrogen) atoms. The van der Waals surface area contributed by atoms with E-state index in [0.29, 0.717) is 0 Å². The number of nitrogens with zero attached hydrogens (tertiary/aromatic N) is 1. The van der Waals surface area contributed by atoms with Crippen LogP contribution >= 0.6 is 0 Å². The first-order chi connectivity index (χ1) is 5.81. The van der Waals surface area contributed by atoms with Crippen molar-refractivity contribution in [2.45, 2.75) is 13.0 Å². The molecule has 1 aliphatic heterocycles. The van der Waals surface area contributed by atoms with Crippen LogP contribution in [0, 0.1) is 18.3 Å².